The highest BCUT2D eigenvalue weighted by molar-refractivity contribution is 5.15. The smallest absolute Gasteiger partial charge is 0.00433 e. The molecular weight excluding hydrogens is 182 g/mol. The van der Waals surface area contributed by atoms with Gasteiger partial charge in [-0.05, 0) is 44.7 Å². The molecule has 1 N–H and O–H groups in total. The van der Waals surface area contributed by atoms with E-state index in [2.05, 4.69) is 31.0 Å². The molecule has 0 radical (unpaired) electrons. The predicted octanol–water partition coefficient (Wildman–Crippen LogP) is 3.68. The van der Waals surface area contributed by atoms with Crippen molar-refractivity contribution < 1.29 is 0 Å². The van der Waals surface area contributed by atoms with Gasteiger partial charge in [-0.1, -0.05) is 44.1 Å². The van der Waals surface area contributed by atoms with Gasteiger partial charge in [0, 0.05) is 0 Å². The van der Waals surface area contributed by atoms with Crippen molar-refractivity contribution in [3.63, 3.8) is 0 Å². The summed E-state index contributed by atoms with van der Waals surface area (Å²) in [5.74, 6) is 0.786. The molecule has 15 heavy (non-hydrogen) atoms. The highest BCUT2D eigenvalue weighted by Gasteiger charge is 2.08. The highest BCUT2D eigenvalue weighted by atomic mass is 14.9. The van der Waals surface area contributed by atoms with Crippen molar-refractivity contribution in [3.8, 4) is 0 Å². The van der Waals surface area contributed by atoms with E-state index in [1.54, 1.807) is 0 Å². The summed E-state index contributed by atoms with van der Waals surface area (Å²) in [6.45, 7) is 8.71. The fraction of sp³-hybridized carbons (Fsp3) is 0.714. The minimum Gasteiger partial charge on any atom is -0.317 e. The first-order valence-corrected chi connectivity index (χ1v) is 6.39. The highest BCUT2D eigenvalue weighted by Crippen LogP contribution is 2.15. The van der Waals surface area contributed by atoms with Crippen molar-refractivity contribution in [2.75, 3.05) is 13.1 Å². The number of allylic oxidation sites excluding steroid dienone is 3. The minimum absolute atomic E-state index is 0.786. The maximum absolute atomic E-state index is 4.11. The van der Waals surface area contributed by atoms with E-state index >= 15 is 0 Å². The number of rotatable bonds is 6. The first-order chi connectivity index (χ1) is 7.33. The zero-order valence-corrected chi connectivity index (χ0v) is 10.1. The van der Waals surface area contributed by atoms with Crippen molar-refractivity contribution in [2.45, 2.75) is 45.4 Å². The van der Waals surface area contributed by atoms with Crippen LogP contribution in [0.4, 0.5) is 0 Å². The van der Waals surface area contributed by atoms with Gasteiger partial charge in [-0.15, -0.1) is 0 Å². The van der Waals surface area contributed by atoms with E-state index < -0.39 is 0 Å². The van der Waals surface area contributed by atoms with Gasteiger partial charge in [0.15, 0.2) is 0 Å². The Bertz CT molecular complexity index is 199. The number of hydrogen-bond donors (Lipinski definition) is 1. The lowest BCUT2D eigenvalue weighted by Crippen LogP contribution is -2.26. The maximum Gasteiger partial charge on any atom is -0.00433 e. The molecule has 1 heteroatoms. The molecule has 1 rings (SSSR count). The van der Waals surface area contributed by atoms with Crippen LogP contribution >= 0.6 is 0 Å². The second-order valence-corrected chi connectivity index (χ2v) is 4.56. The van der Waals surface area contributed by atoms with Crippen LogP contribution in [0.1, 0.15) is 45.4 Å². The Labute approximate surface area is 94.6 Å². The molecule has 1 aliphatic rings. The first kappa shape index (κ1) is 12.5. The lowest BCUT2D eigenvalue weighted by atomic mass is 9.96. The third-order valence-corrected chi connectivity index (χ3v) is 3.09. The number of nitrogens with one attached hydrogen (secondary N) is 1. The molecule has 86 valence electrons. The van der Waals surface area contributed by atoms with Gasteiger partial charge in [-0.25, -0.2) is 0 Å². The second-order valence-electron chi connectivity index (χ2n) is 4.56. The monoisotopic (exact) mass is 207 g/mol. The zero-order valence-electron chi connectivity index (χ0n) is 10.1. The molecule has 1 heterocycles. The van der Waals surface area contributed by atoms with Crippen molar-refractivity contribution >= 4 is 0 Å². The summed E-state index contributed by atoms with van der Waals surface area (Å²) in [5, 5.41) is 3.39. The van der Waals surface area contributed by atoms with Crippen LogP contribution in [0, 0.1) is 5.92 Å². The minimum atomic E-state index is 0.786. The normalized spacial score (nSPS) is 18.5. The van der Waals surface area contributed by atoms with Crippen LogP contribution < -0.4 is 5.32 Å². The Hall–Kier alpha value is -0.560. The van der Waals surface area contributed by atoms with E-state index in [9.17, 15) is 0 Å². The lowest BCUT2D eigenvalue weighted by Gasteiger charge is -2.19. The summed E-state index contributed by atoms with van der Waals surface area (Å²) in [6.07, 6.45) is 12.3. The molecule has 0 amide bonds. The van der Waals surface area contributed by atoms with Gasteiger partial charge in [0.05, 0.1) is 0 Å². The Morgan fingerprint density at radius 3 is 2.73 bits per heavy atom. The maximum atomic E-state index is 4.11. The largest absolute Gasteiger partial charge is 0.317 e. The number of hydrogen-bond acceptors (Lipinski definition) is 1. The van der Waals surface area contributed by atoms with Gasteiger partial charge < -0.3 is 5.32 Å². The molecule has 1 saturated heterocycles. The van der Waals surface area contributed by atoms with E-state index in [-0.39, 0.29) is 0 Å². The van der Waals surface area contributed by atoms with Crippen molar-refractivity contribution in [1.29, 1.82) is 0 Å². The van der Waals surface area contributed by atoms with Crippen LogP contribution in [0.15, 0.2) is 24.3 Å². The average molecular weight is 207 g/mol. The van der Waals surface area contributed by atoms with Crippen LogP contribution in [0.5, 0.6) is 0 Å². The predicted molar refractivity (Wildman–Crippen MR) is 68.0 cm³/mol. The quantitative estimate of drug-likeness (QED) is 0.517. The molecule has 0 aromatic heterocycles. The fourth-order valence-electron chi connectivity index (χ4n) is 1.99. The molecule has 0 spiro atoms. The Balaban J connectivity index is 2.14. The lowest BCUT2D eigenvalue weighted by molar-refractivity contribution is 0.436. The molecule has 0 saturated carbocycles. The molecule has 1 fully saturated rings. The summed E-state index contributed by atoms with van der Waals surface area (Å²) in [4.78, 5) is 0. The van der Waals surface area contributed by atoms with Gasteiger partial charge >= 0.3 is 0 Å². The first-order valence-electron chi connectivity index (χ1n) is 6.39. The van der Waals surface area contributed by atoms with E-state index in [1.807, 2.05) is 0 Å². The fourth-order valence-corrected chi connectivity index (χ4v) is 1.99. The molecule has 0 atom stereocenters. The molecule has 0 unspecified atom stereocenters. The molecular formula is C14H25N. The molecule has 0 aromatic carbocycles. The summed E-state index contributed by atoms with van der Waals surface area (Å²) in [6, 6.07) is 0. The Kier molecular flexibility index (Phi) is 6.42. The summed E-state index contributed by atoms with van der Waals surface area (Å²) in [5.41, 5.74) is 1.31. The van der Waals surface area contributed by atoms with Crippen LogP contribution in [-0.4, -0.2) is 13.1 Å². The molecule has 1 nitrogen and oxygen atoms in total. The van der Waals surface area contributed by atoms with Crippen LogP contribution in [0.2, 0.25) is 0 Å². The average Bonchev–Trinajstić information content (AvgIpc) is 2.28. The Morgan fingerprint density at radius 1 is 1.33 bits per heavy atom. The van der Waals surface area contributed by atoms with Gasteiger partial charge in [0.1, 0.15) is 0 Å². The standard InChI is InChI=1S/C14H25N/c1-3-4-5-6-13(2)7-8-14-9-11-15-12-10-14/h7-8,14-15H,2-6,9-12H2,1H3/b8-7-. The van der Waals surface area contributed by atoms with E-state index in [4.69, 9.17) is 0 Å². The molecule has 1 aliphatic heterocycles. The van der Waals surface area contributed by atoms with Gasteiger partial charge in [-0.3, -0.25) is 0 Å². The summed E-state index contributed by atoms with van der Waals surface area (Å²) >= 11 is 0. The van der Waals surface area contributed by atoms with Crippen LogP contribution in [0.3, 0.4) is 0 Å². The van der Waals surface area contributed by atoms with Crippen LogP contribution in [-0.2, 0) is 0 Å². The molecule has 0 aliphatic carbocycles. The second kappa shape index (κ2) is 7.70. The SMILES string of the molecule is C=C(/C=C\C1CCNCC1)CCCCC. The number of unbranched alkanes of at least 4 members (excludes halogenated alkanes) is 2. The van der Waals surface area contributed by atoms with Gasteiger partial charge in [-0.2, -0.15) is 0 Å². The van der Waals surface area contributed by atoms with Crippen molar-refractivity contribution in [3.05, 3.63) is 24.3 Å². The van der Waals surface area contributed by atoms with Gasteiger partial charge in [0.2, 0.25) is 0 Å². The van der Waals surface area contributed by atoms with E-state index in [1.165, 1.54) is 57.2 Å². The van der Waals surface area contributed by atoms with Gasteiger partial charge in [0.25, 0.3) is 0 Å². The van der Waals surface area contributed by atoms with E-state index in [0.717, 1.165) is 5.92 Å². The summed E-state index contributed by atoms with van der Waals surface area (Å²) in [7, 11) is 0. The third-order valence-electron chi connectivity index (χ3n) is 3.09. The van der Waals surface area contributed by atoms with Crippen molar-refractivity contribution in [1.82, 2.24) is 5.32 Å². The number of piperidine rings is 1. The van der Waals surface area contributed by atoms with Crippen molar-refractivity contribution in [2.24, 2.45) is 5.92 Å². The summed E-state index contributed by atoms with van der Waals surface area (Å²) < 4.78 is 0. The van der Waals surface area contributed by atoms with Crippen LogP contribution in [0.25, 0.3) is 0 Å². The molecule has 0 aromatic rings. The van der Waals surface area contributed by atoms with E-state index in [0.29, 0.717) is 0 Å². The molecule has 0 bridgehead atoms. The zero-order chi connectivity index (χ0) is 10.9. The topological polar surface area (TPSA) is 12.0 Å². The third kappa shape index (κ3) is 5.78. The Morgan fingerprint density at radius 2 is 2.07 bits per heavy atom.